The molecule has 8 nitrogen and oxygen atoms in total. The van der Waals surface area contributed by atoms with Crippen LogP contribution in [-0.2, 0) is 17.7 Å². The molecule has 3 aromatic rings. The number of nitrogens with one attached hydrogen (secondary N) is 1. The van der Waals surface area contributed by atoms with Gasteiger partial charge in [-0.05, 0) is 17.5 Å². The number of hydrogen-bond donors (Lipinski definition) is 2. The Kier molecular flexibility index (Phi) is 6.65. The Morgan fingerprint density at radius 3 is 2.65 bits per heavy atom. The first-order valence-electron chi connectivity index (χ1n) is 10.8. The van der Waals surface area contributed by atoms with Crippen LogP contribution in [0.2, 0.25) is 0 Å². The molecule has 0 bridgehead atoms. The number of aromatic nitrogens is 3. The van der Waals surface area contributed by atoms with E-state index in [4.69, 9.17) is 15.2 Å². The maximum Gasteiger partial charge on any atom is 0.319 e. The smallest absolute Gasteiger partial charge is 0.319 e. The monoisotopic (exact) mass is 420 g/mol. The van der Waals surface area contributed by atoms with Gasteiger partial charge in [-0.3, -0.25) is 4.90 Å². The fraction of sp³-hybridized carbons (Fsp3) is 0.435. The number of benzene rings is 1. The van der Waals surface area contributed by atoms with E-state index < -0.39 is 0 Å². The number of aromatic amines is 1. The highest BCUT2D eigenvalue weighted by Crippen LogP contribution is 2.28. The van der Waals surface area contributed by atoms with E-state index in [-0.39, 0.29) is 6.01 Å². The van der Waals surface area contributed by atoms with Crippen LogP contribution < -0.4 is 10.5 Å². The van der Waals surface area contributed by atoms with Gasteiger partial charge in [0.25, 0.3) is 0 Å². The topological polar surface area (TPSA) is 113 Å². The number of anilines is 1. The van der Waals surface area contributed by atoms with Crippen molar-refractivity contribution in [1.29, 1.82) is 5.26 Å². The van der Waals surface area contributed by atoms with Gasteiger partial charge < -0.3 is 20.2 Å². The third-order valence-corrected chi connectivity index (χ3v) is 5.51. The standard InChI is InChI=1S/C23H28N6O2/c1-2-3-10-31-23-27-20-18(19(14-24)26-21(20)22(25)28-23)13-16-4-6-17(7-5-16)15-29-8-11-30-12-9-29/h4-7,26H,2-3,8-13,15H2,1H3,(H2,25,27,28). The number of fused-ring (bicyclic) bond motifs is 1. The zero-order valence-electron chi connectivity index (χ0n) is 17.9. The highest BCUT2D eigenvalue weighted by Gasteiger charge is 2.18. The molecule has 4 rings (SSSR count). The van der Waals surface area contributed by atoms with Gasteiger partial charge in [0.2, 0.25) is 0 Å². The highest BCUT2D eigenvalue weighted by molar-refractivity contribution is 5.90. The quantitative estimate of drug-likeness (QED) is 0.539. The number of nitriles is 1. The molecule has 1 saturated heterocycles. The number of hydrogen-bond acceptors (Lipinski definition) is 7. The third kappa shape index (κ3) is 4.95. The lowest BCUT2D eigenvalue weighted by atomic mass is 10.0. The first-order chi connectivity index (χ1) is 15.2. The van der Waals surface area contributed by atoms with Crippen LogP contribution in [0.1, 0.15) is 42.1 Å². The lowest BCUT2D eigenvalue weighted by Crippen LogP contribution is -2.35. The van der Waals surface area contributed by atoms with Crippen LogP contribution in [0.4, 0.5) is 5.82 Å². The van der Waals surface area contributed by atoms with Crippen molar-refractivity contribution in [3.8, 4) is 12.1 Å². The molecule has 1 aliphatic heterocycles. The summed E-state index contributed by atoms with van der Waals surface area (Å²) in [5, 5.41) is 9.64. The molecule has 0 aliphatic carbocycles. The zero-order valence-corrected chi connectivity index (χ0v) is 17.9. The summed E-state index contributed by atoms with van der Waals surface area (Å²) < 4.78 is 11.1. The SMILES string of the molecule is CCCCOc1nc(N)c2[nH]c(C#N)c(Cc3ccc(CN4CCOCC4)cc3)c2n1. The average Bonchev–Trinajstić information content (AvgIpc) is 3.14. The molecule has 1 fully saturated rings. The zero-order chi connectivity index (χ0) is 21.6. The number of rotatable bonds is 8. The van der Waals surface area contributed by atoms with Crippen molar-refractivity contribution in [2.75, 3.05) is 38.6 Å². The number of morpholine rings is 1. The summed E-state index contributed by atoms with van der Waals surface area (Å²) in [4.78, 5) is 14.3. The minimum Gasteiger partial charge on any atom is -0.463 e. The van der Waals surface area contributed by atoms with Gasteiger partial charge in [-0.1, -0.05) is 37.6 Å². The van der Waals surface area contributed by atoms with Gasteiger partial charge in [0.15, 0.2) is 5.82 Å². The molecule has 0 radical (unpaired) electrons. The number of nitrogens with zero attached hydrogens (tertiary/aromatic N) is 4. The van der Waals surface area contributed by atoms with Gasteiger partial charge in [0, 0.05) is 31.6 Å². The first-order valence-corrected chi connectivity index (χ1v) is 10.8. The Morgan fingerprint density at radius 1 is 1.19 bits per heavy atom. The molecule has 3 heterocycles. The summed E-state index contributed by atoms with van der Waals surface area (Å²) >= 11 is 0. The Hall–Kier alpha value is -3.15. The van der Waals surface area contributed by atoms with Gasteiger partial charge in [-0.2, -0.15) is 15.2 Å². The van der Waals surface area contributed by atoms with Gasteiger partial charge in [-0.15, -0.1) is 0 Å². The van der Waals surface area contributed by atoms with Crippen molar-refractivity contribution in [2.45, 2.75) is 32.7 Å². The molecular weight excluding hydrogens is 392 g/mol. The van der Waals surface area contributed by atoms with Gasteiger partial charge >= 0.3 is 6.01 Å². The maximum absolute atomic E-state index is 9.64. The summed E-state index contributed by atoms with van der Waals surface area (Å²) in [5.74, 6) is 0.292. The first kappa shape index (κ1) is 21.1. The summed E-state index contributed by atoms with van der Waals surface area (Å²) in [6, 6.07) is 11.0. The van der Waals surface area contributed by atoms with E-state index in [0.717, 1.165) is 56.8 Å². The molecule has 0 saturated carbocycles. The minimum absolute atomic E-state index is 0.254. The molecule has 31 heavy (non-hydrogen) atoms. The number of nitrogens with two attached hydrogens (primary N) is 1. The van der Waals surface area contributed by atoms with E-state index in [1.54, 1.807) is 0 Å². The van der Waals surface area contributed by atoms with E-state index >= 15 is 0 Å². The number of ether oxygens (including phenoxy) is 2. The largest absolute Gasteiger partial charge is 0.463 e. The normalized spacial score (nSPS) is 14.6. The van der Waals surface area contributed by atoms with Crippen LogP contribution in [0.3, 0.4) is 0 Å². The van der Waals surface area contributed by atoms with Crippen molar-refractivity contribution in [1.82, 2.24) is 19.9 Å². The summed E-state index contributed by atoms with van der Waals surface area (Å²) in [7, 11) is 0. The van der Waals surface area contributed by atoms with E-state index in [0.29, 0.717) is 35.6 Å². The maximum atomic E-state index is 9.64. The average molecular weight is 421 g/mol. The summed E-state index contributed by atoms with van der Waals surface area (Å²) in [5.41, 5.74) is 11.0. The number of nitrogen functional groups attached to an aromatic ring is 1. The molecule has 0 unspecified atom stereocenters. The van der Waals surface area contributed by atoms with Crippen LogP contribution in [0.25, 0.3) is 11.0 Å². The molecule has 0 atom stereocenters. The Balaban J connectivity index is 1.55. The van der Waals surface area contributed by atoms with E-state index in [1.165, 1.54) is 5.56 Å². The summed E-state index contributed by atoms with van der Waals surface area (Å²) in [6.45, 7) is 7.07. The van der Waals surface area contributed by atoms with E-state index in [1.807, 2.05) is 0 Å². The Morgan fingerprint density at radius 2 is 1.94 bits per heavy atom. The second-order valence-electron chi connectivity index (χ2n) is 7.79. The van der Waals surface area contributed by atoms with Gasteiger partial charge in [-0.25, -0.2) is 0 Å². The molecule has 0 spiro atoms. The molecule has 3 N–H and O–H groups in total. The minimum atomic E-state index is 0.254. The molecule has 1 aromatic carbocycles. The van der Waals surface area contributed by atoms with Crippen LogP contribution in [-0.4, -0.2) is 52.8 Å². The van der Waals surface area contributed by atoms with Crippen molar-refractivity contribution in [3.63, 3.8) is 0 Å². The van der Waals surface area contributed by atoms with Crippen molar-refractivity contribution in [3.05, 3.63) is 46.6 Å². The number of unbranched alkanes of at least 4 members (excludes halogenated alkanes) is 1. The molecule has 1 aliphatic rings. The molecular formula is C23H28N6O2. The highest BCUT2D eigenvalue weighted by atomic mass is 16.5. The lowest BCUT2D eigenvalue weighted by molar-refractivity contribution is 0.0342. The van der Waals surface area contributed by atoms with Crippen molar-refractivity contribution >= 4 is 16.9 Å². The van der Waals surface area contributed by atoms with Crippen LogP contribution >= 0.6 is 0 Å². The fourth-order valence-electron chi connectivity index (χ4n) is 3.74. The van der Waals surface area contributed by atoms with Crippen molar-refractivity contribution < 1.29 is 9.47 Å². The van der Waals surface area contributed by atoms with E-state index in [9.17, 15) is 5.26 Å². The predicted octanol–water partition coefficient (Wildman–Crippen LogP) is 3.01. The third-order valence-electron chi connectivity index (χ3n) is 5.51. The van der Waals surface area contributed by atoms with Crippen LogP contribution in [0, 0.1) is 11.3 Å². The second-order valence-corrected chi connectivity index (χ2v) is 7.79. The summed E-state index contributed by atoms with van der Waals surface area (Å²) in [6.07, 6.45) is 2.51. The molecule has 0 amide bonds. The predicted molar refractivity (Wildman–Crippen MR) is 119 cm³/mol. The second kappa shape index (κ2) is 9.77. The van der Waals surface area contributed by atoms with Crippen LogP contribution in [0.5, 0.6) is 6.01 Å². The Bertz CT molecular complexity index is 1060. The molecule has 162 valence electrons. The Labute approximate surface area is 182 Å². The van der Waals surface area contributed by atoms with Gasteiger partial charge in [0.1, 0.15) is 22.8 Å². The van der Waals surface area contributed by atoms with Crippen molar-refractivity contribution in [2.24, 2.45) is 0 Å². The van der Waals surface area contributed by atoms with Crippen LogP contribution in [0.15, 0.2) is 24.3 Å². The number of H-pyrrole nitrogens is 1. The lowest BCUT2D eigenvalue weighted by Gasteiger charge is -2.26. The fourth-order valence-corrected chi connectivity index (χ4v) is 3.74. The van der Waals surface area contributed by atoms with Gasteiger partial charge in [0.05, 0.1) is 19.8 Å². The van der Waals surface area contributed by atoms with E-state index in [2.05, 4.69) is 57.1 Å². The molecule has 2 aromatic heterocycles. The molecule has 8 heteroatoms.